The van der Waals surface area contributed by atoms with E-state index in [2.05, 4.69) is 9.71 Å². The standard InChI is InChI=1S/C16H18N4O3S/c1-20-8-7-18-16(20)15-14(6-3-9-23-15)19-24(21,22)13-5-2-4-12(10-13)11-17/h2,4-5,7-8,10,14-15,19H,3,6,9H2,1H3/t14-,15-/m1/s1. The Balaban J connectivity index is 1.87. The number of nitrogens with zero attached hydrogens (tertiary/aromatic N) is 3. The van der Waals surface area contributed by atoms with Gasteiger partial charge in [0.1, 0.15) is 11.9 Å². The fraction of sp³-hybridized carbons (Fsp3) is 0.375. The van der Waals surface area contributed by atoms with Gasteiger partial charge in [0.15, 0.2) is 0 Å². The summed E-state index contributed by atoms with van der Waals surface area (Å²) in [6.45, 7) is 0.569. The Morgan fingerprint density at radius 3 is 3.00 bits per heavy atom. The van der Waals surface area contributed by atoms with Gasteiger partial charge in [0.25, 0.3) is 0 Å². The Kier molecular flexibility index (Phi) is 4.66. The number of ether oxygens (including phenoxy) is 1. The van der Waals surface area contributed by atoms with E-state index in [1.807, 2.05) is 17.7 Å². The maximum Gasteiger partial charge on any atom is 0.240 e. The van der Waals surface area contributed by atoms with Crippen molar-refractivity contribution in [2.45, 2.75) is 29.9 Å². The molecule has 1 aliphatic heterocycles. The molecular formula is C16H18N4O3S. The van der Waals surface area contributed by atoms with Gasteiger partial charge in [-0.15, -0.1) is 0 Å². The molecule has 3 rings (SSSR count). The minimum Gasteiger partial charge on any atom is -0.369 e. The minimum atomic E-state index is -3.75. The number of nitrogens with one attached hydrogen (secondary N) is 1. The maximum atomic E-state index is 12.7. The van der Waals surface area contributed by atoms with Crippen molar-refractivity contribution >= 4 is 10.0 Å². The smallest absolute Gasteiger partial charge is 0.240 e. The highest BCUT2D eigenvalue weighted by Crippen LogP contribution is 2.28. The molecule has 1 aliphatic rings. The molecule has 1 fully saturated rings. The fourth-order valence-electron chi connectivity index (χ4n) is 2.81. The molecule has 8 heteroatoms. The Morgan fingerprint density at radius 2 is 2.29 bits per heavy atom. The lowest BCUT2D eigenvalue weighted by Crippen LogP contribution is -2.43. The zero-order valence-corrected chi connectivity index (χ0v) is 14.0. The summed E-state index contributed by atoms with van der Waals surface area (Å²) >= 11 is 0. The van der Waals surface area contributed by atoms with Crippen LogP contribution in [0.1, 0.15) is 30.3 Å². The first-order valence-corrected chi connectivity index (χ1v) is 9.11. The normalized spacial score (nSPS) is 21.3. The predicted octanol–water partition coefficient (Wildman–Crippen LogP) is 1.49. The van der Waals surface area contributed by atoms with Gasteiger partial charge in [-0.2, -0.15) is 5.26 Å². The Hall–Kier alpha value is -2.21. The Morgan fingerprint density at radius 1 is 1.46 bits per heavy atom. The zero-order chi connectivity index (χ0) is 17.2. The lowest BCUT2D eigenvalue weighted by molar-refractivity contribution is -0.0112. The number of aryl methyl sites for hydroxylation is 1. The highest BCUT2D eigenvalue weighted by Gasteiger charge is 2.33. The molecule has 1 aromatic carbocycles. The zero-order valence-electron chi connectivity index (χ0n) is 13.2. The molecular weight excluding hydrogens is 328 g/mol. The third-order valence-corrected chi connectivity index (χ3v) is 5.50. The van der Waals surface area contributed by atoms with Gasteiger partial charge in [-0.25, -0.2) is 18.1 Å². The maximum absolute atomic E-state index is 12.7. The van der Waals surface area contributed by atoms with Crippen molar-refractivity contribution in [1.82, 2.24) is 14.3 Å². The number of aromatic nitrogens is 2. The van der Waals surface area contributed by atoms with Crippen LogP contribution in [0.25, 0.3) is 0 Å². The van der Waals surface area contributed by atoms with Crippen molar-refractivity contribution in [3.63, 3.8) is 0 Å². The molecule has 1 aromatic heterocycles. The average molecular weight is 346 g/mol. The highest BCUT2D eigenvalue weighted by atomic mass is 32.2. The molecule has 0 aliphatic carbocycles. The third-order valence-electron chi connectivity index (χ3n) is 4.02. The molecule has 7 nitrogen and oxygen atoms in total. The lowest BCUT2D eigenvalue weighted by atomic mass is 10.0. The quantitative estimate of drug-likeness (QED) is 0.904. The lowest BCUT2D eigenvalue weighted by Gasteiger charge is -2.31. The van der Waals surface area contributed by atoms with E-state index in [9.17, 15) is 8.42 Å². The number of nitriles is 1. The molecule has 0 radical (unpaired) electrons. The second-order valence-corrected chi connectivity index (χ2v) is 7.41. The molecule has 0 amide bonds. The Bertz CT molecular complexity index is 869. The van der Waals surface area contributed by atoms with Crippen LogP contribution in [-0.2, 0) is 21.8 Å². The van der Waals surface area contributed by atoms with E-state index in [0.29, 0.717) is 24.4 Å². The minimum absolute atomic E-state index is 0.0747. The first-order valence-electron chi connectivity index (χ1n) is 7.62. The molecule has 0 spiro atoms. The van der Waals surface area contributed by atoms with Gasteiger partial charge in [0.2, 0.25) is 10.0 Å². The number of rotatable bonds is 4. The molecule has 0 saturated carbocycles. The van der Waals surface area contributed by atoms with Crippen molar-refractivity contribution < 1.29 is 13.2 Å². The van der Waals surface area contributed by atoms with E-state index in [4.69, 9.17) is 10.00 Å². The molecule has 0 unspecified atom stereocenters. The topological polar surface area (TPSA) is 97.0 Å². The van der Waals surface area contributed by atoms with Crippen molar-refractivity contribution in [2.75, 3.05) is 6.61 Å². The van der Waals surface area contributed by atoms with Gasteiger partial charge in [-0.3, -0.25) is 0 Å². The summed E-state index contributed by atoms with van der Waals surface area (Å²) in [7, 11) is -1.90. The van der Waals surface area contributed by atoms with Crippen LogP contribution in [-0.4, -0.2) is 30.6 Å². The van der Waals surface area contributed by atoms with Crippen molar-refractivity contribution in [1.29, 1.82) is 5.26 Å². The second kappa shape index (κ2) is 6.73. The molecule has 0 bridgehead atoms. The van der Waals surface area contributed by atoms with E-state index in [-0.39, 0.29) is 4.90 Å². The largest absolute Gasteiger partial charge is 0.369 e. The second-order valence-electron chi connectivity index (χ2n) is 5.70. The summed E-state index contributed by atoms with van der Waals surface area (Å²) in [5, 5.41) is 8.95. The van der Waals surface area contributed by atoms with Gasteiger partial charge in [-0.05, 0) is 31.0 Å². The van der Waals surface area contributed by atoms with Crippen LogP contribution in [0.15, 0.2) is 41.6 Å². The fourth-order valence-corrected chi connectivity index (χ4v) is 4.12. The summed E-state index contributed by atoms with van der Waals surface area (Å²) in [5.41, 5.74) is 0.304. The van der Waals surface area contributed by atoms with Crippen LogP contribution in [0.3, 0.4) is 0 Å². The first kappa shape index (κ1) is 16.6. The number of hydrogen-bond donors (Lipinski definition) is 1. The molecule has 24 heavy (non-hydrogen) atoms. The molecule has 1 saturated heterocycles. The molecule has 2 heterocycles. The van der Waals surface area contributed by atoms with E-state index >= 15 is 0 Å². The van der Waals surface area contributed by atoms with Crippen molar-refractivity contribution in [3.05, 3.63) is 48.0 Å². The van der Waals surface area contributed by atoms with Gasteiger partial charge >= 0.3 is 0 Å². The van der Waals surface area contributed by atoms with Gasteiger partial charge < -0.3 is 9.30 Å². The predicted molar refractivity (Wildman–Crippen MR) is 86.4 cm³/mol. The molecule has 126 valence electrons. The summed E-state index contributed by atoms with van der Waals surface area (Å²) < 4.78 is 35.7. The van der Waals surface area contributed by atoms with Gasteiger partial charge in [0.05, 0.1) is 22.6 Å². The SMILES string of the molecule is Cn1ccnc1[C@@H]1OCCC[C@H]1NS(=O)(=O)c1cccc(C#N)c1. The average Bonchev–Trinajstić information content (AvgIpc) is 3.01. The van der Waals surface area contributed by atoms with Gasteiger partial charge in [0, 0.05) is 26.0 Å². The van der Waals surface area contributed by atoms with Crippen LogP contribution in [0, 0.1) is 11.3 Å². The van der Waals surface area contributed by atoms with E-state index in [0.717, 1.165) is 6.42 Å². The van der Waals surface area contributed by atoms with E-state index in [1.165, 1.54) is 12.1 Å². The summed E-state index contributed by atoms with van der Waals surface area (Å²) in [4.78, 5) is 4.35. The molecule has 1 N–H and O–H groups in total. The number of hydrogen-bond acceptors (Lipinski definition) is 5. The summed E-state index contributed by atoms with van der Waals surface area (Å²) in [6, 6.07) is 7.51. The van der Waals surface area contributed by atoms with Gasteiger partial charge in [-0.1, -0.05) is 6.07 Å². The van der Waals surface area contributed by atoms with Crippen LogP contribution in [0.4, 0.5) is 0 Å². The summed E-state index contributed by atoms with van der Waals surface area (Å²) in [5.74, 6) is 0.688. The van der Waals surface area contributed by atoms with Crippen LogP contribution >= 0.6 is 0 Å². The van der Waals surface area contributed by atoms with Crippen LogP contribution < -0.4 is 4.72 Å². The third kappa shape index (κ3) is 3.33. The van der Waals surface area contributed by atoms with E-state index < -0.39 is 22.2 Å². The van der Waals surface area contributed by atoms with Crippen LogP contribution in [0.5, 0.6) is 0 Å². The van der Waals surface area contributed by atoms with Crippen LogP contribution in [0.2, 0.25) is 0 Å². The monoisotopic (exact) mass is 346 g/mol. The molecule has 2 aromatic rings. The number of benzene rings is 1. The summed E-state index contributed by atoms with van der Waals surface area (Å²) in [6.07, 6.45) is 4.46. The van der Waals surface area contributed by atoms with Crippen molar-refractivity contribution in [3.8, 4) is 6.07 Å². The number of imidazole rings is 1. The highest BCUT2D eigenvalue weighted by molar-refractivity contribution is 7.89. The number of sulfonamides is 1. The Labute approximate surface area is 140 Å². The first-order chi connectivity index (χ1) is 11.5. The molecule has 2 atom stereocenters. The van der Waals surface area contributed by atoms with Crippen molar-refractivity contribution in [2.24, 2.45) is 7.05 Å². The van der Waals surface area contributed by atoms with E-state index in [1.54, 1.807) is 24.5 Å².